The molecule has 0 aliphatic heterocycles. The fourth-order valence-corrected chi connectivity index (χ4v) is 7.71. The lowest BCUT2D eigenvalue weighted by Gasteiger charge is -2.47. The average molecular weight is 567 g/mol. The van der Waals surface area contributed by atoms with Gasteiger partial charge in [0.1, 0.15) is 0 Å². The predicted octanol–water partition coefficient (Wildman–Crippen LogP) is 11.7. The Kier molecular flexibility index (Phi) is 8.98. The topological polar surface area (TPSA) is 0 Å². The van der Waals surface area contributed by atoms with Crippen molar-refractivity contribution >= 4 is 16.7 Å². The third-order valence-electron chi connectivity index (χ3n) is 10.4. The van der Waals surface area contributed by atoms with E-state index in [1.165, 1.54) is 77.9 Å². The Hall–Kier alpha value is -3.64. The summed E-state index contributed by atoms with van der Waals surface area (Å²) in [6, 6.07) is 32.9. The fraction of sp³-hybridized carbons (Fsp3) is 0.349. The van der Waals surface area contributed by atoms with Gasteiger partial charge in [-0.25, -0.2) is 0 Å². The maximum Gasteiger partial charge on any atom is 0.0249 e. The van der Waals surface area contributed by atoms with Gasteiger partial charge in [0, 0.05) is 5.41 Å². The molecule has 0 N–H and O–H groups in total. The van der Waals surface area contributed by atoms with Gasteiger partial charge >= 0.3 is 0 Å². The predicted molar refractivity (Wildman–Crippen MR) is 189 cm³/mol. The molecular weight excluding hydrogens is 516 g/mol. The summed E-state index contributed by atoms with van der Waals surface area (Å²) in [6.45, 7) is 21.0. The quantitative estimate of drug-likeness (QED) is 0.199. The number of hydrogen-bond acceptors (Lipinski definition) is 0. The molecule has 2 atom stereocenters. The van der Waals surface area contributed by atoms with E-state index in [0.29, 0.717) is 0 Å². The van der Waals surface area contributed by atoms with Crippen LogP contribution in [0.5, 0.6) is 0 Å². The van der Waals surface area contributed by atoms with Gasteiger partial charge in [-0.05, 0) is 130 Å². The second kappa shape index (κ2) is 12.5. The first kappa shape index (κ1) is 30.8. The zero-order valence-electron chi connectivity index (χ0n) is 28.0. The van der Waals surface area contributed by atoms with E-state index in [1.807, 2.05) is 0 Å². The van der Waals surface area contributed by atoms with Gasteiger partial charge < -0.3 is 0 Å². The van der Waals surface area contributed by atoms with Crippen molar-refractivity contribution in [2.24, 2.45) is 5.92 Å². The largest absolute Gasteiger partial charge is 0.0622 e. The van der Waals surface area contributed by atoms with E-state index in [9.17, 15) is 0 Å². The highest BCUT2D eigenvalue weighted by Gasteiger charge is 2.46. The molecule has 0 heteroatoms. The van der Waals surface area contributed by atoms with E-state index in [2.05, 4.69) is 147 Å². The first-order chi connectivity index (χ1) is 20.7. The number of aryl methyl sites for hydroxylation is 6. The lowest BCUT2D eigenvalue weighted by atomic mass is 9.56. The third kappa shape index (κ3) is 5.35. The Bertz CT molecular complexity index is 1690. The van der Waals surface area contributed by atoms with Crippen LogP contribution in [-0.4, -0.2) is 0 Å². The molecule has 0 saturated carbocycles. The number of allylic oxidation sites excluding steroid dienone is 4. The Morgan fingerprint density at radius 3 is 1.93 bits per heavy atom. The van der Waals surface area contributed by atoms with Crippen molar-refractivity contribution in [1.82, 2.24) is 0 Å². The van der Waals surface area contributed by atoms with E-state index >= 15 is 0 Å². The van der Waals surface area contributed by atoms with Gasteiger partial charge in [0.2, 0.25) is 0 Å². The Balaban J connectivity index is 1.96. The second-order valence-electron chi connectivity index (χ2n) is 12.8. The SMILES string of the molecule is CCC1=C(c2ccccc2)C(C)(c2ccc(CC)c(C)c2)C(C)C(c2ccc(C)c(CC)c2)=C1c1ccc(CC)cc1C. The van der Waals surface area contributed by atoms with E-state index in [4.69, 9.17) is 0 Å². The van der Waals surface area contributed by atoms with Crippen LogP contribution in [0, 0.1) is 26.7 Å². The van der Waals surface area contributed by atoms with Crippen LogP contribution in [0.25, 0.3) is 16.7 Å². The first-order valence-corrected chi connectivity index (χ1v) is 16.5. The molecule has 0 spiro atoms. The minimum Gasteiger partial charge on any atom is -0.0622 e. The highest BCUT2D eigenvalue weighted by molar-refractivity contribution is 6.08. The Labute approximate surface area is 261 Å². The molecule has 0 heterocycles. The van der Waals surface area contributed by atoms with Crippen molar-refractivity contribution < 1.29 is 0 Å². The van der Waals surface area contributed by atoms with Gasteiger partial charge in [0.05, 0.1) is 0 Å². The van der Waals surface area contributed by atoms with Crippen molar-refractivity contribution in [3.63, 3.8) is 0 Å². The maximum absolute atomic E-state index is 2.52. The maximum atomic E-state index is 2.52. The number of hydrogen-bond donors (Lipinski definition) is 0. The van der Waals surface area contributed by atoms with E-state index in [0.717, 1.165) is 25.7 Å². The van der Waals surface area contributed by atoms with Crippen LogP contribution in [-0.2, 0) is 24.7 Å². The fourth-order valence-electron chi connectivity index (χ4n) is 7.71. The zero-order chi connectivity index (χ0) is 30.9. The van der Waals surface area contributed by atoms with Crippen LogP contribution >= 0.6 is 0 Å². The zero-order valence-corrected chi connectivity index (χ0v) is 28.0. The van der Waals surface area contributed by atoms with Crippen molar-refractivity contribution in [1.29, 1.82) is 0 Å². The summed E-state index contributed by atoms with van der Waals surface area (Å²) in [6.07, 6.45) is 4.13. The number of rotatable bonds is 8. The molecule has 1 aliphatic carbocycles. The molecule has 5 rings (SSSR count). The Morgan fingerprint density at radius 1 is 0.605 bits per heavy atom. The number of benzene rings is 4. The van der Waals surface area contributed by atoms with Crippen molar-refractivity contribution in [3.05, 3.63) is 146 Å². The summed E-state index contributed by atoms with van der Waals surface area (Å²) in [5.74, 6) is 0.248. The standard InChI is InChI=1S/C43H50/c1-10-32-20-24-39(30(7)25-32)41-38(13-4)42(35-17-15-14-16-18-35)43(9,37-23-22-33(11-2)29(6)26-37)31(8)40(41)36-21-19-28(5)34(12-3)27-36/h14-27,31H,10-13H2,1-9H3. The van der Waals surface area contributed by atoms with Crippen LogP contribution in [0.3, 0.4) is 0 Å². The summed E-state index contributed by atoms with van der Waals surface area (Å²) < 4.78 is 0. The lowest BCUT2D eigenvalue weighted by molar-refractivity contribution is 0.485. The van der Waals surface area contributed by atoms with Crippen molar-refractivity contribution in [2.45, 2.75) is 93.4 Å². The molecule has 43 heavy (non-hydrogen) atoms. The second-order valence-corrected chi connectivity index (χ2v) is 12.8. The van der Waals surface area contributed by atoms with Gasteiger partial charge in [0.25, 0.3) is 0 Å². The normalized spacial score (nSPS) is 18.9. The summed E-state index contributed by atoms with van der Waals surface area (Å²) in [5, 5.41) is 0. The summed E-state index contributed by atoms with van der Waals surface area (Å²) >= 11 is 0. The highest BCUT2D eigenvalue weighted by Crippen LogP contribution is 2.58. The lowest BCUT2D eigenvalue weighted by Crippen LogP contribution is -2.37. The summed E-state index contributed by atoms with van der Waals surface area (Å²) in [4.78, 5) is 0. The van der Waals surface area contributed by atoms with Crippen LogP contribution in [0.4, 0.5) is 0 Å². The average Bonchev–Trinajstić information content (AvgIpc) is 3.02. The molecule has 4 aromatic carbocycles. The molecule has 0 amide bonds. The van der Waals surface area contributed by atoms with Crippen LogP contribution in [0.15, 0.2) is 90.5 Å². The van der Waals surface area contributed by atoms with Crippen LogP contribution in [0.2, 0.25) is 0 Å². The minimum atomic E-state index is -0.211. The van der Waals surface area contributed by atoms with Crippen LogP contribution < -0.4 is 0 Å². The molecule has 0 radical (unpaired) electrons. The van der Waals surface area contributed by atoms with E-state index in [-0.39, 0.29) is 11.3 Å². The summed E-state index contributed by atoms with van der Waals surface area (Å²) in [7, 11) is 0. The molecular formula is C43H50. The van der Waals surface area contributed by atoms with E-state index < -0.39 is 0 Å². The molecule has 4 aromatic rings. The highest BCUT2D eigenvalue weighted by atomic mass is 14.5. The third-order valence-corrected chi connectivity index (χ3v) is 10.4. The molecule has 0 aromatic heterocycles. The summed E-state index contributed by atoms with van der Waals surface area (Å²) in [5.41, 5.74) is 19.6. The minimum absolute atomic E-state index is 0.211. The molecule has 222 valence electrons. The van der Waals surface area contributed by atoms with Gasteiger partial charge in [-0.2, -0.15) is 0 Å². The van der Waals surface area contributed by atoms with Gasteiger partial charge in [-0.15, -0.1) is 0 Å². The van der Waals surface area contributed by atoms with Crippen molar-refractivity contribution in [3.8, 4) is 0 Å². The van der Waals surface area contributed by atoms with E-state index in [1.54, 1.807) is 0 Å². The molecule has 1 aliphatic rings. The van der Waals surface area contributed by atoms with Gasteiger partial charge in [0.15, 0.2) is 0 Å². The van der Waals surface area contributed by atoms with Crippen molar-refractivity contribution in [2.75, 3.05) is 0 Å². The molecule has 0 saturated heterocycles. The molecule has 0 fully saturated rings. The van der Waals surface area contributed by atoms with Gasteiger partial charge in [-0.1, -0.05) is 126 Å². The van der Waals surface area contributed by atoms with Crippen LogP contribution in [0.1, 0.15) is 104 Å². The van der Waals surface area contributed by atoms with Gasteiger partial charge in [-0.3, -0.25) is 0 Å². The monoisotopic (exact) mass is 566 g/mol. The smallest absolute Gasteiger partial charge is 0.0249 e. The Morgan fingerprint density at radius 2 is 1.33 bits per heavy atom. The molecule has 2 unspecified atom stereocenters. The molecule has 0 bridgehead atoms. The first-order valence-electron chi connectivity index (χ1n) is 16.5. The molecule has 0 nitrogen and oxygen atoms in total.